The van der Waals surface area contributed by atoms with E-state index < -0.39 is 0 Å². The molecular formula is C18H19BrClN3S. The van der Waals surface area contributed by atoms with Crippen LogP contribution in [0.2, 0.25) is 5.02 Å². The molecule has 1 heterocycles. The summed E-state index contributed by atoms with van der Waals surface area (Å²) in [5.74, 6) is 0.664. The molecule has 0 unspecified atom stereocenters. The highest BCUT2D eigenvalue weighted by molar-refractivity contribution is 9.10. The average Bonchev–Trinajstić information content (AvgIpc) is 3.07. The molecule has 126 valence electrons. The minimum atomic E-state index is 0.164. The molecule has 6 heteroatoms. The molecule has 1 aliphatic carbocycles. The van der Waals surface area contributed by atoms with Crippen LogP contribution in [0.5, 0.6) is 0 Å². The smallest absolute Gasteiger partial charge is 0.172 e. The summed E-state index contributed by atoms with van der Waals surface area (Å²) in [6.07, 6.45) is 6.51. The Morgan fingerprint density at radius 2 is 1.96 bits per heavy atom. The zero-order valence-corrected chi connectivity index (χ0v) is 16.3. The van der Waals surface area contributed by atoms with Gasteiger partial charge in [-0.05, 0) is 52.6 Å². The predicted molar refractivity (Wildman–Crippen MR) is 108 cm³/mol. The summed E-state index contributed by atoms with van der Waals surface area (Å²) in [7, 11) is 0. The average molecular weight is 425 g/mol. The Hall–Kier alpha value is -1.17. The van der Waals surface area contributed by atoms with Gasteiger partial charge in [-0.3, -0.25) is 0 Å². The van der Waals surface area contributed by atoms with E-state index in [0.717, 1.165) is 11.0 Å². The number of anilines is 1. The summed E-state index contributed by atoms with van der Waals surface area (Å²) >= 11 is 14.8. The van der Waals surface area contributed by atoms with Crippen molar-refractivity contribution in [2.75, 3.05) is 11.9 Å². The van der Waals surface area contributed by atoms with Gasteiger partial charge in [0.15, 0.2) is 5.11 Å². The van der Waals surface area contributed by atoms with Gasteiger partial charge in [0.05, 0.1) is 9.50 Å². The van der Waals surface area contributed by atoms with Crippen LogP contribution in [0.15, 0.2) is 47.1 Å². The van der Waals surface area contributed by atoms with Gasteiger partial charge in [0, 0.05) is 18.2 Å². The molecule has 0 spiro atoms. The molecule has 0 saturated heterocycles. The van der Waals surface area contributed by atoms with E-state index in [1.54, 1.807) is 12.3 Å². The number of pyridine rings is 1. The van der Waals surface area contributed by atoms with Crippen LogP contribution in [0.25, 0.3) is 0 Å². The molecular weight excluding hydrogens is 406 g/mol. The van der Waals surface area contributed by atoms with Gasteiger partial charge >= 0.3 is 0 Å². The van der Waals surface area contributed by atoms with Gasteiger partial charge in [0.1, 0.15) is 5.82 Å². The van der Waals surface area contributed by atoms with E-state index in [4.69, 9.17) is 23.8 Å². The molecule has 0 radical (unpaired) electrons. The number of aromatic nitrogens is 1. The van der Waals surface area contributed by atoms with Crippen LogP contribution >= 0.6 is 39.7 Å². The molecule has 3 rings (SSSR count). The number of hydrogen-bond acceptors (Lipinski definition) is 2. The van der Waals surface area contributed by atoms with Gasteiger partial charge in [0.25, 0.3) is 0 Å². The fourth-order valence-electron chi connectivity index (χ4n) is 3.32. The Balaban J connectivity index is 1.66. The quantitative estimate of drug-likeness (QED) is 0.653. The standard InChI is InChI=1S/C18H19BrClN3S/c19-15-10-14(20)11-21-16(15)23-17(24)22-12-18(8-4-5-9-18)13-6-2-1-3-7-13/h1-3,6-7,10-11H,4-5,8-9,12H2,(H2,21,22,23,24). The van der Waals surface area contributed by atoms with Gasteiger partial charge in [-0.2, -0.15) is 0 Å². The minimum Gasteiger partial charge on any atom is -0.362 e. The number of benzene rings is 1. The summed E-state index contributed by atoms with van der Waals surface area (Å²) in [4.78, 5) is 4.26. The first-order chi connectivity index (χ1) is 11.6. The minimum absolute atomic E-state index is 0.164. The van der Waals surface area contributed by atoms with E-state index in [2.05, 4.69) is 61.9 Å². The van der Waals surface area contributed by atoms with Gasteiger partial charge < -0.3 is 10.6 Å². The number of nitrogens with one attached hydrogen (secondary N) is 2. The SMILES string of the molecule is S=C(NCC1(c2ccccc2)CCCC1)Nc1ncc(Cl)cc1Br. The zero-order valence-electron chi connectivity index (χ0n) is 13.2. The van der Waals surface area contributed by atoms with Crippen molar-refractivity contribution in [3.05, 3.63) is 57.7 Å². The topological polar surface area (TPSA) is 37.0 Å². The Morgan fingerprint density at radius 1 is 1.25 bits per heavy atom. The third-order valence-corrected chi connectivity index (χ3v) is 5.63. The van der Waals surface area contributed by atoms with Crippen LogP contribution in [0.1, 0.15) is 31.2 Å². The largest absolute Gasteiger partial charge is 0.362 e. The van der Waals surface area contributed by atoms with E-state index in [1.165, 1.54) is 31.2 Å². The lowest BCUT2D eigenvalue weighted by molar-refractivity contribution is 0.435. The van der Waals surface area contributed by atoms with Gasteiger partial charge in [-0.15, -0.1) is 0 Å². The first-order valence-electron chi connectivity index (χ1n) is 8.00. The Bertz CT molecular complexity index is 717. The normalized spacial score (nSPS) is 15.9. The van der Waals surface area contributed by atoms with E-state index in [9.17, 15) is 0 Å². The third-order valence-electron chi connectivity index (χ3n) is 4.57. The fraction of sp³-hybridized carbons (Fsp3) is 0.333. The maximum atomic E-state index is 5.92. The van der Waals surface area contributed by atoms with Crippen LogP contribution < -0.4 is 10.6 Å². The first-order valence-corrected chi connectivity index (χ1v) is 9.58. The second-order valence-corrected chi connectivity index (χ2v) is 7.84. The van der Waals surface area contributed by atoms with Crippen molar-refractivity contribution >= 4 is 50.7 Å². The Labute approximate surface area is 161 Å². The maximum absolute atomic E-state index is 5.92. The molecule has 1 fully saturated rings. The molecule has 3 nitrogen and oxygen atoms in total. The van der Waals surface area contributed by atoms with E-state index in [1.807, 2.05) is 0 Å². The molecule has 0 atom stereocenters. The predicted octanol–water partition coefficient (Wildman–Crippen LogP) is 5.30. The van der Waals surface area contributed by atoms with Crippen molar-refractivity contribution in [2.45, 2.75) is 31.1 Å². The highest BCUT2D eigenvalue weighted by Gasteiger charge is 2.35. The van der Waals surface area contributed by atoms with Crippen molar-refractivity contribution < 1.29 is 0 Å². The number of halogens is 2. The summed E-state index contributed by atoms with van der Waals surface area (Å²) in [6.45, 7) is 0.827. The highest BCUT2D eigenvalue weighted by atomic mass is 79.9. The summed E-state index contributed by atoms with van der Waals surface area (Å²) in [5.41, 5.74) is 1.56. The van der Waals surface area contributed by atoms with Crippen molar-refractivity contribution in [3.63, 3.8) is 0 Å². The van der Waals surface area contributed by atoms with Crippen molar-refractivity contribution in [1.82, 2.24) is 10.3 Å². The molecule has 1 saturated carbocycles. The van der Waals surface area contributed by atoms with E-state index in [0.29, 0.717) is 16.0 Å². The summed E-state index contributed by atoms with van der Waals surface area (Å²) in [6, 6.07) is 12.5. The van der Waals surface area contributed by atoms with Crippen LogP contribution in [0.4, 0.5) is 5.82 Å². The van der Waals surface area contributed by atoms with Crippen molar-refractivity contribution in [2.24, 2.45) is 0 Å². The van der Waals surface area contributed by atoms with Gasteiger partial charge in [-0.1, -0.05) is 54.8 Å². The van der Waals surface area contributed by atoms with Crippen LogP contribution in [-0.4, -0.2) is 16.6 Å². The molecule has 0 bridgehead atoms. The fourth-order valence-corrected chi connectivity index (χ4v) is 4.23. The van der Waals surface area contributed by atoms with Crippen molar-refractivity contribution in [1.29, 1.82) is 0 Å². The molecule has 2 aromatic rings. The lowest BCUT2D eigenvalue weighted by Gasteiger charge is -2.30. The van der Waals surface area contributed by atoms with Crippen LogP contribution in [0.3, 0.4) is 0 Å². The Morgan fingerprint density at radius 3 is 2.62 bits per heavy atom. The first kappa shape index (κ1) is 17.6. The van der Waals surface area contributed by atoms with E-state index >= 15 is 0 Å². The van der Waals surface area contributed by atoms with Crippen molar-refractivity contribution in [3.8, 4) is 0 Å². The van der Waals surface area contributed by atoms with Gasteiger partial charge in [0.2, 0.25) is 0 Å². The number of hydrogen-bond donors (Lipinski definition) is 2. The second-order valence-electron chi connectivity index (χ2n) is 6.15. The highest BCUT2D eigenvalue weighted by Crippen LogP contribution is 2.40. The third kappa shape index (κ3) is 4.08. The lowest BCUT2D eigenvalue weighted by atomic mass is 9.79. The summed E-state index contributed by atoms with van der Waals surface area (Å²) in [5, 5.41) is 7.67. The van der Waals surface area contributed by atoms with E-state index in [-0.39, 0.29) is 5.41 Å². The Kier molecular flexibility index (Phi) is 5.74. The number of rotatable bonds is 4. The molecule has 24 heavy (non-hydrogen) atoms. The number of nitrogens with zero attached hydrogens (tertiary/aromatic N) is 1. The lowest BCUT2D eigenvalue weighted by Crippen LogP contribution is -2.40. The molecule has 0 aliphatic heterocycles. The molecule has 0 amide bonds. The maximum Gasteiger partial charge on any atom is 0.172 e. The second kappa shape index (κ2) is 7.81. The van der Waals surface area contributed by atoms with Crippen LogP contribution in [0, 0.1) is 0 Å². The molecule has 1 aromatic heterocycles. The number of thiocarbonyl (C=S) groups is 1. The zero-order chi connectivity index (χ0) is 17.0. The van der Waals surface area contributed by atoms with Gasteiger partial charge in [-0.25, -0.2) is 4.98 Å². The molecule has 1 aliphatic rings. The monoisotopic (exact) mass is 423 g/mol. The van der Waals surface area contributed by atoms with Crippen LogP contribution in [-0.2, 0) is 5.41 Å². The summed E-state index contributed by atoms with van der Waals surface area (Å²) < 4.78 is 0.790. The molecule has 2 N–H and O–H groups in total. The molecule has 1 aromatic carbocycles.